The summed E-state index contributed by atoms with van der Waals surface area (Å²) in [5.41, 5.74) is 0.200. The minimum absolute atomic E-state index is 0.0397. The summed E-state index contributed by atoms with van der Waals surface area (Å²) in [7, 11) is -3.75. The monoisotopic (exact) mass is 337 g/mol. The first-order chi connectivity index (χ1) is 10.9. The Morgan fingerprint density at radius 3 is 2.61 bits per heavy atom. The van der Waals surface area contributed by atoms with Gasteiger partial charge in [-0.3, -0.25) is 10.1 Å². The molecule has 1 aliphatic rings. The minimum Gasteiger partial charge on any atom is -0.258 e. The number of nitrogens with zero attached hydrogens (tertiary/aromatic N) is 3. The number of hydrogen-bond donors (Lipinski definition) is 0. The largest absolute Gasteiger partial charge is 0.272 e. The highest BCUT2D eigenvalue weighted by Crippen LogP contribution is 2.30. The van der Waals surface area contributed by atoms with Crippen LogP contribution in [0.25, 0.3) is 0 Å². The maximum atomic E-state index is 12.8. The Kier molecular flexibility index (Phi) is 5.34. The molecule has 7 nitrogen and oxygen atoms in total. The number of nitro groups is 1. The predicted octanol–water partition coefficient (Wildman–Crippen LogP) is 2.61. The standard InChI is InChI=1S/C15H19N3O4S/c1-12-10-14(6-7-15(12)18(19)20)23(21,22)17(9-3-8-16)11-13-4-2-5-13/h6-7,10,13H,2-5,9,11H2,1H3. The Labute approximate surface area is 135 Å². The van der Waals surface area contributed by atoms with Crippen LogP contribution in [0.1, 0.15) is 31.2 Å². The van der Waals surface area contributed by atoms with E-state index in [1.807, 2.05) is 6.07 Å². The summed E-state index contributed by atoms with van der Waals surface area (Å²) < 4.78 is 26.9. The quantitative estimate of drug-likeness (QED) is 0.562. The zero-order valence-corrected chi connectivity index (χ0v) is 13.8. The Hall–Kier alpha value is -1.98. The average molecular weight is 337 g/mol. The van der Waals surface area contributed by atoms with Gasteiger partial charge in [-0.05, 0) is 37.8 Å². The molecule has 1 aromatic rings. The first-order valence-corrected chi connectivity index (χ1v) is 8.92. The van der Waals surface area contributed by atoms with Crippen molar-refractivity contribution in [2.75, 3.05) is 13.1 Å². The molecule has 23 heavy (non-hydrogen) atoms. The van der Waals surface area contributed by atoms with E-state index < -0.39 is 14.9 Å². The number of sulfonamides is 1. The van der Waals surface area contributed by atoms with Gasteiger partial charge in [-0.25, -0.2) is 8.42 Å². The Morgan fingerprint density at radius 2 is 2.13 bits per heavy atom. The fraction of sp³-hybridized carbons (Fsp3) is 0.533. The Bertz CT molecular complexity index is 736. The summed E-state index contributed by atoms with van der Waals surface area (Å²) in [4.78, 5) is 10.4. The fourth-order valence-corrected chi connectivity index (χ4v) is 4.19. The first kappa shape index (κ1) is 17.4. The number of benzene rings is 1. The summed E-state index contributed by atoms with van der Waals surface area (Å²) in [6.45, 7) is 2.06. The lowest BCUT2D eigenvalue weighted by Crippen LogP contribution is -2.38. The van der Waals surface area contributed by atoms with E-state index in [0.717, 1.165) is 19.3 Å². The molecule has 1 aromatic carbocycles. The third-order valence-corrected chi connectivity index (χ3v) is 6.02. The lowest BCUT2D eigenvalue weighted by atomic mass is 9.85. The molecule has 8 heteroatoms. The van der Waals surface area contributed by atoms with Crippen molar-refractivity contribution in [3.05, 3.63) is 33.9 Å². The van der Waals surface area contributed by atoms with Crippen molar-refractivity contribution in [3.63, 3.8) is 0 Å². The molecule has 0 saturated heterocycles. The molecular formula is C15H19N3O4S. The molecule has 0 unspecified atom stereocenters. The first-order valence-electron chi connectivity index (χ1n) is 7.48. The van der Waals surface area contributed by atoms with Gasteiger partial charge in [-0.1, -0.05) is 6.42 Å². The van der Waals surface area contributed by atoms with Gasteiger partial charge >= 0.3 is 0 Å². The second-order valence-electron chi connectivity index (χ2n) is 5.77. The molecule has 0 aliphatic heterocycles. The summed E-state index contributed by atoms with van der Waals surface area (Å²) in [6.07, 6.45) is 3.22. The summed E-state index contributed by atoms with van der Waals surface area (Å²) in [6, 6.07) is 5.78. The summed E-state index contributed by atoms with van der Waals surface area (Å²) >= 11 is 0. The summed E-state index contributed by atoms with van der Waals surface area (Å²) in [5, 5.41) is 19.6. The molecule has 0 aromatic heterocycles. The lowest BCUT2D eigenvalue weighted by Gasteiger charge is -2.31. The molecule has 0 heterocycles. The van der Waals surface area contributed by atoms with Gasteiger partial charge in [0.2, 0.25) is 10.0 Å². The zero-order chi connectivity index (χ0) is 17.0. The van der Waals surface area contributed by atoms with Crippen LogP contribution in [-0.4, -0.2) is 30.7 Å². The van der Waals surface area contributed by atoms with Gasteiger partial charge in [0, 0.05) is 31.1 Å². The third-order valence-electron chi connectivity index (χ3n) is 4.16. The minimum atomic E-state index is -3.75. The van der Waals surface area contributed by atoms with Crippen molar-refractivity contribution in [1.82, 2.24) is 4.31 Å². The van der Waals surface area contributed by atoms with Crippen molar-refractivity contribution < 1.29 is 13.3 Å². The van der Waals surface area contributed by atoms with E-state index in [-0.39, 0.29) is 23.5 Å². The van der Waals surface area contributed by atoms with E-state index in [0.29, 0.717) is 18.0 Å². The number of rotatable bonds is 7. The number of nitriles is 1. The highest BCUT2D eigenvalue weighted by molar-refractivity contribution is 7.89. The van der Waals surface area contributed by atoms with Crippen LogP contribution in [0.2, 0.25) is 0 Å². The van der Waals surface area contributed by atoms with Crippen molar-refractivity contribution in [3.8, 4) is 6.07 Å². The van der Waals surface area contributed by atoms with E-state index in [9.17, 15) is 18.5 Å². The molecular weight excluding hydrogens is 318 g/mol. The van der Waals surface area contributed by atoms with Crippen LogP contribution in [0, 0.1) is 34.3 Å². The highest BCUT2D eigenvalue weighted by atomic mass is 32.2. The van der Waals surface area contributed by atoms with Gasteiger partial charge in [0.05, 0.1) is 15.9 Å². The van der Waals surface area contributed by atoms with Gasteiger partial charge in [-0.2, -0.15) is 9.57 Å². The summed E-state index contributed by atoms with van der Waals surface area (Å²) in [5.74, 6) is 0.336. The fourth-order valence-electron chi connectivity index (χ4n) is 2.59. The van der Waals surface area contributed by atoms with Gasteiger partial charge in [0.25, 0.3) is 5.69 Å². The third kappa shape index (κ3) is 3.86. The van der Waals surface area contributed by atoms with E-state index in [2.05, 4.69) is 0 Å². The van der Waals surface area contributed by atoms with Crippen LogP contribution in [0.15, 0.2) is 23.1 Å². The lowest BCUT2D eigenvalue weighted by molar-refractivity contribution is -0.385. The molecule has 2 rings (SSSR count). The van der Waals surface area contributed by atoms with Gasteiger partial charge in [0.15, 0.2) is 0 Å². The van der Waals surface area contributed by atoms with Crippen LogP contribution in [0.5, 0.6) is 0 Å². The average Bonchev–Trinajstić information content (AvgIpc) is 2.44. The van der Waals surface area contributed by atoms with Crippen molar-refractivity contribution in [1.29, 1.82) is 5.26 Å². The molecule has 0 amide bonds. The van der Waals surface area contributed by atoms with Crippen LogP contribution < -0.4 is 0 Å². The van der Waals surface area contributed by atoms with Gasteiger partial charge in [-0.15, -0.1) is 0 Å². The Balaban J connectivity index is 2.30. The van der Waals surface area contributed by atoms with Crippen molar-refractivity contribution >= 4 is 15.7 Å². The van der Waals surface area contributed by atoms with Gasteiger partial charge < -0.3 is 0 Å². The van der Waals surface area contributed by atoms with Crippen molar-refractivity contribution in [2.45, 2.75) is 37.5 Å². The van der Waals surface area contributed by atoms with Crippen LogP contribution >= 0.6 is 0 Å². The topological polar surface area (TPSA) is 104 Å². The number of nitro benzene ring substituents is 1. The molecule has 0 atom stereocenters. The predicted molar refractivity (Wildman–Crippen MR) is 84.2 cm³/mol. The molecule has 1 saturated carbocycles. The van der Waals surface area contributed by atoms with Crippen LogP contribution in [0.3, 0.4) is 0 Å². The highest BCUT2D eigenvalue weighted by Gasteiger charge is 2.30. The van der Waals surface area contributed by atoms with E-state index in [4.69, 9.17) is 5.26 Å². The van der Waals surface area contributed by atoms with Crippen LogP contribution in [0.4, 0.5) is 5.69 Å². The number of aryl methyl sites for hydroxylation is 1. The Morgan fingerprint density at radius 1 is 1.43 bits per heavy atom. The molecule has 1 fully saturated rings. The normalized spacial score (nSPS) is 15.2. The van der Waals surface area contributed by atoms with Crippen LogP contribution in [-0.2, 0) is 10.0 Å². The maximum Gasteiger partial charge on any atom is 0.272 e. The van der Waals surface area contributed by atoms with Gasteiger partial charge in [0.1, 0.15) is 0 Å². The second-order valence-corrected chi connectivity index (χ2v) is 7.71. The van der Waals surface area contributed by atoms with E-state index in [1.165, 1.54) is 29.4 Å². The maximum absolute atomic E-state index is 12.8. The number of hydrogen-bond acceptors (Lipinski definition) is 5. The van der Waals surface area contributed by atoms with E-state index in [1.54, 1.807) is 0 Å². The molecule has 0 bridgehead atoms. The second kappa shape index (κ2) is 7.06. The molecule has 1 aliphatic carbocycles. The smallest absolute Gasteiger partial charge is 0.258 e. The SMILES string of the molecule is Cc1cc(S(=O)(=O)N(CCC#N)CC2CCC2)ccc1[N+](=O)[O-]. The molecule has 0 spiro atoms. The molecule has 0 N–H and O–H groups in total. The van der Waals surface area contributed by atoms with Crippen molar-refractivity contribution in [2.24, 2.45) is 5.92 Å². The molecule has 124 valence electrons. The zero-order valence-electron chi connectivity index (χ0n) is 12.9. The molecule has 0 radical (unpaired) electrons. The van der Waals surface area contributed by atoms with E-state index >= 15 is 0 Å².